The normalized spacial score (nSPS) is 12.7. The van der Waals surface area contributed by atoms with Crippen LogP contribution in [0.25, 0.3) is 4.96 Å². The Labute approximate surface area is 109 Å². The third kappa shape index (κ3) is 2.51. The summed E-state index contributed by atoms with van der Waals surface area (Å²) in [6.07, 6.45) is 1.61. The molecule has 1 atom stereocenters. The SMILES string of the molecule is CCS(=O)CCNc1nc2sccn2c1[N+](=O)[O-]. The maximum absolute atomic E-state index is 11.3. The summed E-state index contributed by atoms with van der Waals surface area (Å²) in [5.41, 5.74) is 0. The van der Waals surface area contributed by atoms with Crippen LogP contribution in [0.5, 0.6) is 0 Å². The molecule has 18 heavy (non-hydrogen) atoms. The van der Waals surface area contributed by atoms with Gasteiger partial charge in [-0.05, 0) is 4.92 Å². The highest BCUT2D eigenvalue weighted by Gasteiger charge is 2.23. The van der Waals surface area contributed by atoms with Gasteiger partial charge in [0.2, 0.25) is 5.82 Å². The van der Waals surface area contributed by atoms with Crippen LogP contribution in [0.2, 0.25) is 0 Å². The van der Waals surface area contributed by atoms with Crippen molar-refractivity contribution in [2.24, 2.45) is 0 Å². The summed E-state index contributed by atoms with van der Waals surface area (Å²) in [5, 5.41) is 15.6. The van der Waals surface area contributed by atoms with Crippen molar-refractivity contribution in [1.29, 1.82) is 0 Å². The fourth-order valence-electron chi connectivity index (χ4n) is 1.49. The van der Waals surface area contributed by atoms with Crippen LogP contribution in [0, 0.1) is 10.1 Å². The second-order valence-electron chi connectivity index (χ2n) is 3.46. The molecule has 0 aliphatic carbocycles. The van der Waals surface area contributed by atoms with Gasteiger partial charge in [0.15, 0.2) is 0 Å². The first-order valence-corrected chi connectivity index (χ1v) is 7.69. The molecule has 0 aromatic carbocycles. The van der Waals surface area contributed by atoms with Gasteiger partial charge in [-0.15, -0.1) is 0 Å². The molecule has 0 spiro atoms. The molecule has 0 radical (unpaired) electrons. The molecule has 7 nitrogen and oxygen atoms in total. The topological polar surface area (TPSA) is 89.5 Å². The zero-order valence-electron chi connectivity index (χ0n) is 9.66. The zero-order chi connectivity index (χ0) is 13.1. The lowest BCUT2D eigenvalue weighted by Crippen LogP contribution is -2.13. The Morgan fingerprint density at radius 2 is 2.44 bits per heavy atom. The van der Waals surface area contributed by atoms with Crippen LogP contribution in [-0.2, 0) is 10.8 Å². The Morgan fingerprint density at radius 1 is 1.67 bits per heavy atom. The van der Waals surface area contributed by atoms with E-state index < -0.39 is 15.7 Å². The zero-order valence-corrected chi connectivity index (χ0v) is 11.3. The van der Waals surface area contributed by atoms with Crippen molar-refractivity contribution in [3.8, 4) is 0 Å². The predicted molar refractivity (Wildman–Crippen MR) is 71.8 cm³/mol. The molecule has 0 aliphatic heterocycles. The summed E-state index contributed by atoms with van der Waals surface area (Å²) < 4.78 is 12.7. The Hall–Kier alpha value is -1.48. The molecule has 1 unspecified atom stereocenters. The van der Waals surface area contributed by atoms with E-state index in [9.17, 15) is 14.3 Å². The quantitative estimate of drug-likeness (QED) is 0.642. The van der Waals surface area contributed by atoms with Crippen molar-refractivity contribution in [1.82, 2.24) is 9.38 Å². The number of anilines is 1. The molecular formula is C9H12N4O3S2. The first kappa shape index (κ1) is 13.0. The van der Waals surface area contributed by atoms with E-state index in [1.54, 1.807) is 11.6 Å². The minimum absolute atomic E-state index is 0.0754. The van der Waals surface area contributed by atoms with Crippen molar-refractivity contribution < 1.29 is 9.13 Å². The van der Waals surface area contributed by atoms with Crippen LogP contribution >= 0.6 is 11.3 Å². The maximum Gasteiger partial charge on any atom is 0.372 e. The number of aromatic nitrogens is 2. The molecule has 2 aromatic heterocycles. The van der Waals surface area contributed by atoms with Gasteiger partial charge in [-0.1, -0.05) is 18.3 Å². The number of hydrogen-bond acceptors (Lipinski definition) is 6. The molecule has 0 amide bonds. The average Bonchev–Trinajstić information content (AvgIpc) is 2.87. The van der Waals surface area contributed by atoms with E-state index in [0.717, 1.165) is 0 Å². The van der Waals surface area contributed by atoms with Crippen molar-refractivity contribution in [3.63, 3.8) is 0 Å². The van der Waals surface area contributed by atoms with Gasteiger partial charge in [0, 0.05) is 34.2 Å². The highest BCUT2D eigenvalue weighted by molar-refractivity contribution is 7.84. The lowest BCUT2D eigenvalue weighted by molar-refractivity contribution is -0.389. The number of nitro groups is 1. The number of nitrogens with zero attached hydrogens (tertiary/aromatic N) is 3. The highest BCUT2D eigenvalue weighted by Crippen LogP contribution is 2.27. The van der Waals surface area contributed by atoms with Crippen molar-refractivity contribution in [2.45, 2.75) is 6.92 Å². The van der Waals surface area contributed by atoms with E-state index in [-0.39, 0.29) is 11.6 Å². The third-order valence-electron chi connectivity index (χ3n) is 2.35. The molecule has 9 heteroatoms. The van der Waals surface area contributed by atoms with Crippen LogP contribution < -0.4 is 5.32 Å². The fourth-order valence-corrected chi connectivity index (χ4v) is 2.82. The highest BCUT2D eigenvalue weighted by atomic mass is 32.2. The van der Waals surface area contributed by atoms with E-state index >= 15 is 0 Å². The molecule has 2 aromatic rings. The number of nitrogens with one attached hydrogen (secondary N) is 1. The number of rotatable bonds is 6. The van der Waals surface area contributed by atoms with Gasteiger partial charge in [-0.3, -0.25) is 4.21 Å². The lowest BCUT2D eigenvalue weighted by Gasteiger charge is -2.02. The molecule has 2 rings (SSSR count). The summed E-state index contributed by atoms with van der Waals surface area (Å²) in [4.78, 5) is 15.2. The van der Waals surface area contributed by atoms with Gasteiger partial charge in [-0.25, -0.2) is 0 Å². The fraction of sp³-hybridized carbons (Fsp3) is 0.444. The van der Waals surface area contributed by atoms with Crippen LogP contribution in [-0.4, -0.2) is 36.6 Å². The molecule has 98 valence electrons. The number of imidazole rings is 1. The van der Waals surface area contributed by atoms with Gasteiger partial charge in [-0.2, -0.15) is 9.38 Å². The molecule has 0 bridgehead atoms. The molecule has 0 fully saturated rings. The van der Waals surface area contributed by atoms with E-state index in [0.29, 0.717) is 23.0 Å². The number of hydrogen-bond donors (Lipinski definition) is 1. The number of thiazole rings is 1. The molecule has 2 heterocycles. The van der Waals surface area contributed by atoms with Crippen LogP contribution in [0.3, 0.4) is 0 Å². The molecule has 0 saturated heterocycles. The van der Waals surface area contributed by atoms with Gasteiger partial charge in [0.25, 0.3) is 4.96 Å². The second kappa shape index (κ2) is 5.44. The second-order valence-corrected chi connectivity index (χ2v) is 6.19. The lowest BCUT2D eigenvalue weighted by atomic mass is 10.6. The van der Waals surface area contributed by atoms with E-state index in [4.69, 9.17) is 0 Å². The Bertz CT molecular complexity index is 592. The van der Waals surface area contributed by atoms with Crippen LogP contribution in [0.1, 0.15) is 6.92 Å². The van der Waals surface area contributed by atoms with E-state index in [1.165, 1.54) is 15.7 Å². The van der Waals surface area contributed by atoms with Crippen LogP contribution in [0.4, 0.5) is 11.6 Å². The summed E-state index contributed by atoms with van der Waals surface area (Å²) in [7, 11) is -0.890. The Morgan fingerprint density at radius 3 is 3.11 bits per heavy atom. The Balaban J connectivity index is 2.17. The first-order chi connectivity index (χ1) is 8.63. The summed E-state index contributed by atoms with van der Waals surface area (Å²) in [5.74, 6) is 1.20. The van der Waals surface area contributed by atoms with Crippen molar-refractivity contribution in [3.05, 3.63) is 21.7 Å². The molecular weight excluding hydrogens is 276 g/mol. The molecule has 1 N–H and O–H groups in total. The van der Waals surface area contributed by atoms with Crippen LogP contribution in [0.15, 0.2) is 11.6 Å². The largest absolute Gasteiger partial charge is 0.372 e. The van der Waals surface area contributed by atoms with E-state index in [1.807, 2.05) is 6.92 Å². The summed E-state index contributed by atoms with van der Waals surface area (Å²) in [6.45, 7) is 2.25. The summed E-state index contributed by atoms with van der Waals surface area (Å²) >= 11 is 1.33. The van der Waals surface area contributed by atoms with E-state index in [2.05, 4.69) is 10.3 Å². The number of fused-ring (bicyclic) bond motifs is 1. The van der Waals surface area contributed by atoms with Crippen molar-refractivity contribution >= 4 is 38.7 Å². The summed E-state index contributed by atoms with van der Waals surface area (Å²) in [6, 6.07) is 0. The minimum Gasteiger partial charge on any atom is -0.362 e. The maximum atomic E-state index is 11.3. The monoisotopic (exact) mass is 288 g/mol. The smallest absolute Gasteiger partial charge is 0.362 e. The van der Waals surface area contributed by atoms with Gasteiger partial charge < -0.3 is 15.4 Å². The average molecular weight is 288 g/mol. The van der Waals surface area contributed by atoms with Gasteiger partial charge in [0.1, 0.15) is 6.20 Å². The molecule has 0 aliphatic rings. The third-order valence-corrected chi connectivity index (χ3v) is 4.41. The van der Waals surface area contributed by atoms with Gasteiger partial charge in [0.05, 0.1) is 0 Å². The van der Waals surface area contributed by atoms with Crippen molar-refractivity contribution in [2.75, 3.05) is 23.4 Å². The first-order valence-electron chi connectivity index (χ1n) is 5.32. The van der Waals surface area contributed by atoms with Gasteiger partial charge >= 0.3 is 5.82 Å². The predicted octanol–water partition coefficient (Wildman–Crippen LogP) is 1.48. The Kier molecular flexibility index (Phi) is 3.92. The molecule has 0 saturated carbocycles. The standard InChI is InChI=1S/C9H12N4O3S2/c1-2-18(16)6-3-10-7-8(13(14)15)12-4-5-17-9(12)11-7/h4-5,10H,2-3,6H2,1H3. The minimum atomic E-state index is -0.890.